The lowest BCUT2D eigenvalue weighted by atomic mass is 9.92. The standard InChI is InChI=1S/C27H23BrClNO3/c1-31-23-14-6-19(7-15-23)26-17-24(18-4-10-21(29)11-5-18)30(22-12-8-20(28)9-13-22)27(33-26)25-3-2-16-32-25/h2-16,24,26-27H,17H2,1H3. The van der Waals surface area contributed by atoms with Crippen molar-refractivity contribution in [1.29, 1.82) is 0 Å². The molecule has 0 aliphatic carbocycles. The normalized spacial score (nSPS) is 20.6. The summed E-state index contributed by atoms with van der Waals surface area (Å²) in [6.45, 7) is 0. The Morgan fingerprint density at radius 3 is 2.24 bits per heavy atom. The number of ether oxygens (including phenoxy) is 2. The van der Waals surface area contributed by atoms with Crippen LogP contribution in [0.15, 0.2) is 100 Å². The first-order chi connectivity index (χ1) is 16.1. The largest absolute Gasteiger partial charge is 0.497 e. The smallest absolute Gasteiger partial charge is 0.190 e. The van der Waals surface area contributed by atoms with E-state index in [9.17, 15) is 0 Å². The van der Waals surface area contributed by atoms with E-state index < -0.39 is 6.23 Å². The topological polar surface area (TPSA) is 34.8 Å². The Bertz CT molecular complexity index is 1180. The SMILES string of the molecule is COc1ccc(C2CC(c3ccc(Cl)cc3)N(c3ccc(Br)cc3)C(c3ccco3)O2)cc1. The molecule has 0 radical (unpaired) electrons. The molecule has 0 spiro atoms. The third-order valence-electron chi connectivity index (χ3n) is 5.97. The Kier molecular flexibility index (Phi) is 6.45. The zero-order valence-electron chi connectivity index (χ0n) is 18.0. The minimum Gasteiger partial charge on any atom is -0.497 e. The van der Waals surface area contributed by atoms with Crippen LogP contribution in [0.2, 0.25) is 5.02 Å². The number of nitrogens with zero attached hydrogens (tertiary/aromatic N) is 1. The van der Waals surface area contributed by atoms with Crippen molar-refractivity contribution in [2.75, 3.05) is 12.0 Å². The van der Waals surface area contributed by atoms with Crippen molar-refractivity contribution >= 4 is 33.2 Å². The van der Waals surface area contributed by atoms with Gasteiger partial charge in [-0.05, 0) is 71.8 Å². The van der Waals surface area contributed by atoms with Crippen molar-refractivity contribution in [3.8, 4) is 5.75 Å². The maximum atomic E-state index is 6.72. The Morgan fingerprint density at radius 1 is 0.909 bits per heavy atom. The Morgan fingerprint density at radius 2 is 1.61 bits per heavy atom. The Balaban J connectivity index is 1.61. The summed E-state index contributed by atoms with van der Waals surface area (Å²) >= 11 is 9.76. The van der Waals surface area contributed by atoms with Gasteiger partial charge in [-0.1, -0.05) is 51.8 Å². The summed E-state index contributed by atoms with van der Waals surface area (Å²) in [5, 5.41) is 0.718. The summed E-state index contributed by atoms with van der Waals surface area (Å²) < 4.78 is 18.9. The number of methoxy groups -OCH3 is 1. The van der Waals surface area contributed by atoms with Gasteiger partial charge in [0.15, 0.2) is 12.0 Å². The highest BCUT2D eigenvalue weighted by molar-refractivity contribution is 9.10. The number of anilines is 1. The summed E-state index contributed by atoms with van der Waals surface area (Å²) in [4.78, 5) is 2.29. The summed E-state index contributed by atoms with van der Waals surface area (Å²) in [5.41, 5.74) is 3.31. The van der Waals surface area contributed by atoms with Crippen LogP contribution < -0.4 is 9.64 Å². The van der Waals surface area contributed by atoms with E-state index in [1.807, 2.05) is 48.5 Å². The van der Waals surface area contributed by atoms with Gasteiger partial charge in [0.05, 0.1) is 25.5 Å². The minimum absolute atomic E-state index is 0.0411. The molecule has 1 aliphatic heterocycles. The van der Waals surface area contributed by atoms with Crippen LogP contribution in [0.3, 0.4) is 0 Å². The molecule has 2 heterocycles. The summed E-state index contributed by atoms with van der Waals surface area (Å²) in [6, 6.07) is 28.3. The van der Waals surface area contributed by atoms with Gasteiger partial charge in [0.1, 0.15) is 5.75 Å². The highest BCUT2D eigenvalue weighted by Crippen LogP contribution is 2.48. The van der Waals surface area contributed by atoms with Gasteiger partial charge in [0.25, 0.3) is 0 Å². The first-order valence-electron chi connectivity index (χ1n) is 10.7. The van der Waals surface area contributed by atoms with Gasteiger partial charge in [-0.2, -0.15) is 0 Å². The van der Waals surface area contributed by atoms with E-state index in [1.54, 1.807) is 13.4 Å². The van der Waals surface area contributed by atoms with Crippen LogP contribution in [0.25, 0.3) is 0 Å². The monoisotopic (exact) mass is 523 g/mol. The number of furan rings is 1. The van der Waals surface area contributed by atoms with E-state index in [-0.39, 0.29) is 12.1 Å². The lowest BCUT2D eigenvalue weighted by molar-refractivity contribution is -0.0686. The Hall–Kier alpha value is -2.73. The van der Waals surface area contributed by atoms with E-state index >= 15 is 0 Å². The van der Waals surface area contributed by atoms with Gasteiger partial charge in [-0.15, -0.1) is 0 Å². The van der Waals surface area contributed by atoms with E-state index in [2.05, 4.69) is 57.2 Å². The second-order valence-electron chi connectivity index (χ2n) is 7.95. The molecule has 1 aliphatic rings. The maximum Gasteiger partial charge on any atom is 0.190 e. The molecule has 4 aromatic rings. The molecule has 0 amide bonds. The molecular weight excluding hydrogens is 502 g/mol. The van der Waals surface area contributed by atoms with Gasteiger partial charge in [-0.3, -0.25) is 0 Å². The fraction of sp³-hybridized carbons (Fsp3) is 0.185. The van der Waals surface area contributed by atoms with Crippen LogP contribution in [0.1, 0.15) is 41.7 Å². The zero-order chi connectivity index (χ0) is 22.8. The summed E-state index contributed by atoms with van der Waals surface area (Å²) in [7, 11) is 1.67. The number of hydrogen-bond acceptors (Lipinski definition) is 4. The second kappa shape index (κ2) is 9.64. The molecule has 1 saturated heterocycles. The predicted molar refractivity (Wildman–Crippen MR) is 134 cm³/mol. The average Bonchev–Trinajstić information content (AvgIpc) is 3.39. The summed E-state index contributed by atoms with van der Waals surface area (Å²) in [5.74, 6) is 1.58. The van der Waals surface area contributed by atoms with Crippen LogP contribution in [-0.4, -0.2) is 7.11 Å². The molecular formula is C27H23BrClNO3. The van der Waals surface area contributed by atoms with Gasteiger partial charge in [-0.25, -0.2) is 0 Å². The van der Waals surface area contributed by atoms with Crippen molar-refractivity contribution < 1.29 is 13.9 Å². The van der Waals surface area contributed by atoms with Crippen LogP contribution in [0, 0.1) is 0 Å². The van der Waals surface area contributed by atoms with E-state index in [4.69, 9.17) is 25.5 Å². The molecule has 3 unspecified atom stereocenters. The molecule has 1 aromatic heterocycles. The van der Waals surface area contributed by atoms with Crippen molar-refractivity contribution in [2.24, 2.45) is 0 Å². The number of halogens is 2. The molecule has 5 rings (SSSR count). The van der Waals surface area contributed by atoms with Crippen LogP contribution in [-0.2, 0) is 4.74 Å². The van der Waals surface area contributed by atoms with Gasteiger partial charge >= 0.3 is 0 Å². The highest BCUT2D eigenvalue weighted by Gasteiger charge is 2.40. The van der Waals surface area contributed by atoms with Gasteiger partial charge in [0.2, 0.25) is 0 Å². The molecule has 33 heavy (non-hydrogen) atoms. The van der Waals surface area contributed by atoms with Crippen molar-refractivity contribution in [1.82, 2.24) is 0 Å². The molecule has 0 bridgehead atoms. The number of hydrogen-bond donors (Lipinski definition) is 0. The lowest BCUT2D eigenvalue weighted by Crippen LogP contribution is -2.40. The second-order valence-corrected chi connectivity index (χ2v) is 9.30. The predicted octanol–water partition coefficient (Wildman–Crippen LogP) is 8.11. The first kappa shape index (κ1) is 22.1. The van der Waals surface area contributed by atoms with Crippen molar-refractivity contribution in [3.05, 3.63) is 118 Å². The third kappa shape index (κ3) is 4.67. The average molecular weight is 525 g/mol. The quantitative estimate of drug-likeness (QED) is 0.264. The molecule has 4 nitrogen and oxygen atoms in total. The molecule has 0 saturated carbocycles. The van der Waals surface area contributed by atoms with E-state index in [0.29, 0.717) is 0 Å². The minimum atomic E-state index is -0.400. The number of benzene rings is 3. The number of rotatable bonds is 5. The molecule has 0 N–H and O–H groups in total. The van der Waals surface area contributed by atoms with Crippen LogP contribution in [0.5, 0.6) is 5.75 Å². The first-order valence-corrected chi connectivity index (χ1v) is 11.9. The van der Waals surface area contributed by atoms with Crippen molar-refractivity contribution in [3.63, 3.8) is 0 Å². The van der Waals surface area contributed by atoms with Gasteiger partial charge < -0.3 is 18.8 Å². The summed E-state index contributed by atoms with van der Waals surface area (Å²) in [6.07, 6.45) is 1.93. The van der Waals surface area contributed by atoms with Crippen molar-refractivity contribution in [2.45, 2.75) is 24.8 Å². The fourth-order valence-electron chi connectivity index (χ4n) is 4.34. The fourth-order valence-corrected chi connectivity index (χ4v) is 4.73. The molecule has 3 aromatic carbocycles. The van der Waals surface area contributed by atoms with Crippen LogP contribution >= 0.6 is 27.5 Å². The van der Waals surface area contributed by atoms with E-state index in [1.165, 1.54) is 5.56 Å². The van der Waals surface area contributed by atoms with Gasteiger partial charge in [0, 0.05) is 21.6 Å². The highest BCUT2D eigenvalue weighted by atomic mass is 79.9. The van der Waals surface area contributed by atoms with Crippen LogP contribution in [0.4, 0.5) is 5.69 Å². The Labute approximate surface area is 206 Å². The molecule has 6 heteroatoms. The molecule has 168 valence electrons. The maximum absolute atomic E-state index is 6.72. The zero-order valence-corrected chi connectivity index (χ0v) is 20.4. The third-order valence-corrected chi connectivity index (χ3v) is 6.75. The molecule has 1 fully saturated rings. The molecule has 3 atom stereocenters. The lowest BCUT2D eigenvalue weighted by Gasteiger charge is -2.46. The van der Waals surface area contributed by atoms with E-state index in [0.717, 1.165) is 38.7 Å².